The molecule has 4 N–H and O–H groups in total. The highest BCUT2D eigenvalue weighted by molar-refractivity contribution is 9.10. The van der Waals surface area contributed by atoms with Crippen LogP contribution in [0, 0.1) is 0 Å². The van der Waals surface area contributed by atoms with Gasteiger partial charge in [0.2, 0.25) is 0 Å². The molecule has 0 aliphatic rings. The van der Waals surface area contributed by atoms with Crippen LogP contribution in [-0.2, 0) is 4.79 Å². The zero-order chi connectivity index (χ0) is 13.2. The number of hydrogen-bond acceptors (Lipinski definition) is 5. The van der Waals surface area contributed by atoms with Crippen LogP contribution < -0.4 is 4.74 Å². The lowest BCUT2D eigenvalue weighted by Crippen LogP contribution is -2.27. The highest BCUT2D eigenvalue weighted by Crippen LogP contribution is 2.39. The van der Waals surface area contributed by atoms with E-state index in [1.54, 1.807) is 0 Å². The van der Waals surface area contributed by atoms with Crippen LogP contribution in [0.25, 0.3) is 0 Å². The minimum Gasteiger partial charge on any atom is -0.503 e. The number of hydrogen-bond donors (Lipinski definition) is 4. The van der Waals surface area contributed by atoms with Gasteiger partial charge < -0.3 is 25.2 Å². The first-order valence-corrected chi connectivity index (χ1v) is 5.33. The summed E-state index contributed by atoms with van der Waals surface area (Å²) in [5, 5.41) is 37.0. The van der Waals surface area contributed by atoms with Crippen LogP contribution in [0.2, 0.25) is 0 Å². The fourth-order valence-corrected chi connectivity index (χ4v) is 1.82. The van der Waals surface area contributed by atoms with E-state index in [1.165, 1.54) is 19.2 Å². The summed E-state index contributed by atoms with van der Waals surface area (Å²) in [5.74, 6) is -1.67. The third-order valence-corrected chi connectivity index (χ3v) is 3.03. The first kappa shape index (κ1) is 13.8. The van der Waals surface area contributed by atoms with Crippen molar-refractivity contribution in [2.45, 2.75) is 12.2 Å². The number of carboxylic acid groups (broad SMARTS) is 1. The van der Waals surface area contributed by atoms with Gasteiger partial charge in [-0.25, -0.2) is 4.79 Å². The summed E-state index contributed by atoms with van der Waals surface area (Å²) in [6.45, 7) is 0. The molecule has 0 amide bonds. The molecule has 2 atom stereocenters. The Labute approximate surface area is 105 Å². The van der Waals surface area contributed by atoms with Gasteiger partial charge in [-0.1, -0.05) is 6.07 Å². The van der Waals surface area contributed by atoms with Crippen molar-refractivity contribution in [1.29, 1.82) is 0 Å². The standard InChI is InChI=1S/C10H11BrO6/c1-17-5-3-2-4(6(11)8(5)13)7(12)9(14)10(15)16/h2-3,7,9,12-14H,1H3,(H,15,16). The molecule has 94 valence electrons. The summed E-state index contributed by atoms with van der Waals surface area (Å²) in [5.41, 5.74) is 0.0539. The van der Waals surface area contributed by atoms with E-state index in [0.717, 1.165) is 0 Å². The van der Waals surface area contributed by atoms with E-state index in [9.17, 15) is 20.1 Å². The highest BCUT2D eigenvalue weighted by atomic mass is 79.9. The molecule has 1 rings (SSSR count). The Morgan fingerprint density at radius 3 is 2.47 bits per heavy atom. The van der Waals surface area contributed by atoms with Crippen LogP contribution in [-0.4, -0.2) is 39.6 Å². The Hall–Kier alpha value is -1.31. The van der Waals surface area contributed by atoms with Crippen LogP contribution >= 0.6 is 15.9 Å². The highest BCUT2D eigenvalue weighted by Gasteiger charge is 2.28. The zero-order valence-electron chi connectivity index (χ0n) is 8.79. The number of benzene rings is 1. The zero-order valence-corrected chi connectivity index (χ0v) is 10.4. The number of aliphatic hydroxyl groups excluding tert-OH is 2. The second-order valence-electron chi connectivity index (χ2n) is 3.25. The number of phenolic OH excluding ortho intramolecular Hbond substituents is 1. The molecule has 0 fully saturated rings. The van der Waals surface area contributed by atoms with E-state index < -0.39 is 18.2 Å². The average molecular weight is 307 g/mol. The summed E-state index contributed by atoms with van der Waals surface area (Å²) < 4.78 is 4.90. The van der Waals surface area contributed by atoms with Crippen LogP contribution in [0.5, 0.6) is 11.5 Å². The molecular formula is C10H11BrO6. The summed E-state index contributed by atoms with van der Waals surface area (Å²) in [4.78, 5) is 10.5. The van der Waals surface area contributed by atoms with Crippen molar-refractivity contribution in [2.24, 2.45) is 0 Å². The summed E-state index contributed by atoms with van der Waals surface area (Å²) in [7, 11) is 1.35. The van der Waals surface area contributed by atoms with E-state index in [0.29, 0.717) is 0 Å². The lowest BCUT2D eigenvalue weighted by Gasteiger charge is -2.17. The SMILES string of the molecule is COc1ccc(C(O)C(O)C(=O)O)c(Br)c1O. The smallest absolute Gasteiger partial charge is 0.335 e. The molecule has 2 unspecified atom stereocenters. The largest absolute Gasteiger partial charge is 0.503 e. The van der Waals surface area contributed by atoms with Crippen molar-refractivity contribution in [3.63, 3.8) is 0 Å². The minimum atomic E-state index is -1.97. The van der Waals surface area contributed by atoms with Crippen LogP contribution in [0.15, 0.2) is 16.6 Å². The Balaban J connectivity index is 3.16. The number of methoxy groups -OCH3 is 1. The van der Waals surface area contributed by atoms with Crippen molar-refractivity contribution in [3.8, 4) is 11.5 Å². The molecule has 0 aliphatic carbocycles. The fraction of sp³-hybridized carbons (Fsp3) is 0.300. The Morgan fingerprint density at radius 2 is 2.00 bits per heavy atom. The van der Waals surface area contributed by atoms with Gasteiger partial charge in [0, 0.05) is 5.56 Å². The molecule has 0 bridgehead atoms. The maximum absolute atomic E-state index is 10.5. The van der Waals surface area contributed by atoms with Crippen LogP contribution in [0.3, 0.4) is 0 Å². The van der Waals surface area contributed by atoms with Gasteiger partial charge in [-0.05, 0) is 22.0 Å². The predicted molar refractivity (Wildman–Crippen MR) is 61.0 cm³/mol. The molecule has 7 heteroatoms. The second kappa shape index (κ2) is 5.35. The Bertz CT molecular complexity index is 433. The van der Waals surface area contributed by atoms with E-state index >= 15 is 0 Å². The number of ether oxygens (including phenoxy) is 1. The Kier molecular flexibility index (Phi) is 4.33. The topological polar surface area (TPSA) is 107 Å². The molecule has 1 aromatic rings. The molecule has 1 aromatic carbocycles. The normalized spacial score (nSPS) is 14.1. The Morgan fingerprint density at radius 1 is 1.41 bits per heavy atom. The average Bonchev–Trinajstić information content (AvgIpc) is 2.30. The first-order chi connectivity index (χ1) is 7.90. The molecule has 6 nitrogen and oxygen atoms in total. The van der Waals surface area contributed by atoms with Crippen molar-refractivity contribution < 1.29 is 30.0 Å². The van der Waals surface area contributed by atoms with Crippen LogP contribution in [0.4, 0.5) is 0 Å². The first-order valence-electron chi connectivity index (χ1n) is 4.54. The number of phenols is 1. The molecule has 0 saturated carbocycles. The quantitative estimate of drug-likeness (QED) is 0.650. The van der Waals surface area contributed by atoms with E-state index in [2.05, 4.69) is 15.9 Å². The van der Waals surface area contributed by atoms with Crippen LogP contribution in [0.1, 0.15) is 11.7 Å². The molecular weight excluding hydrogens is 296 g/mol. The number of aromatic hydroxyl groups is 1. The number of aliphatic hydroxyl groups is 2. The monoisotopic (exact) mass is 306 g/mol. The van der Waals surface area contributed by atoms with Gasteiger partial charge >= 0.3 is 5.97 Å². The summed E-state index contributed by atoms with van der Waals surface area (Å²) in [6, 6.07) is 2.70. The molecule has 17 heavy (non-hydrogen) atoms. The minimum absolute atomic E-state index is 0.0539. The molecule has 0 aliphatic heterocycles. The van der Waals surface area contributed by atoms with Gasteiger partial charge in [0.1, 0.15) is 6.10 Å². The molecule has 0 spiro atoms. The molecule has 0 radical (unpaired) electrons. The van der Waals surface area contributed by atoms with Crippen molar-refractivity contribution >= 4 is 21.9 Å². The fourth-order valence-electron chi connectivity index (χ4n) is 1.26. The van der Waals surface area contributed by atoms with Gasteiger partial charge in [-0.3, -0.25) is 0 Å². The number of halogens is 1. The van der Waals surface area contributed by atoms with Gasteiger partial charge in [0.15, 0.2) is 17.6 Å². The number of aliphatic carboxylic acids is 1. The second-order valence-corrected chi connectivity index (χ2v) is 4.04. The van der Waals surface area contributed by atoms with E-state index in [4.69, 9.17) is 9.84 Å². The summed E-state index contributed by atoms with van der Waals surface area (Å²) in [6.07, 6.45) is -3.63. The van der Waals surface area contributed by atoms with Gasteiger partial charge in [-0.2, -0.15) is 0 Å². The molecule has 0 saturated heterocycles. The van der Waals surface area contributed by atoms with Crippen molar-refractivity contribution in [3.05, 3.63) is 22.2 Å². The number of carboxylic acids is 1. The predicted octanol–water partition coefficient (Wildman–Crippen LogP) is 0.642. The molecule has 0 heterocycles. The van der Waals surface area contributed by atoms with Crippen molar-refractivity contribution in [2.75, 3.05) is 7.11 Å². The van der Waals surface area contributed by atoms with Gasteiger partial charge in [0.05, 0.1) is 11.6 Å². The number of rotatable bonds is 4. The third kappa shape index (κ3) is 2.68. The maximum Gasteiger partial charge on any atom is 0.335 e. The lowest BCUT2D eigenvalue weighted by atomic mass is 10.0. The lowest BCUT2D eigenvalue weighted by molar-refractivity contribution is -0.153. The van der Waals surface area contributed by atoms with E-state index in [-0.39, 0.29) is 21.5 Å². The number of carbonyl (C=O) groups is 1. The van der Waals surface area contributed by atoms with Gasteiger partial charge in [0.25, 0.3) is 0 Å². The van der Waals surface area contributed by atoms with E-state index in [1.807, 2.05) is 0 Å². The third-order valence-electron chi connectivity index (χ3n) is 2.20. The van der Waals surface area contributed by atoms with Crippen molar-refractivity contribution in [1.82, 2.24) is 0 Å². The maximum atomic E-state index is 10.5. The van der Waals surface area contributed by atoms with Gasteiger partial charge in [-0.15, -0.1) is 0 Å². The molecule has 0 aromatic heterocycles. The summed E-state index contributed by atoms with van der Waals surface area (Å²) >= 11 is 3.00.